The molecule has 0 saturated carbocycles. The van der Waals surface area contributed by atoms with Gasteiger partial charge in [0.25, 0.3) is 0 Å². The number of tetrazole rings is 1. The Bertz CT molecular complexity index is 961. The van der Waals surface area contributed by atoms with E-state index in [0.29, 0.717) is 11.7 Å². The number of aromatic nitrogens is 6. The first kappa shape index (κ1) is 16.9. The highest BCUT2D eigenvalue weighted by molar-refractivity contribution is 7.99. The van der Waals surface area contributed by atoms with E-state index in [-0.39, 0.29) is 0 Å². The average molecular weight is 384 g/mol. The van der Waals surface area contributed by atoms with Crippen molar-refractivity contribution in [2.24, 2.45) is 0 Å². The topological polar surface area (TPSA) is 82.5 Å². The lowest BCUT2D eigenvalue weighted by molar-refractivity contribution is 0.378. The van der Waals surface area contributed by atoms with E-state index in [9.17, 15) is 0 Å². The summed E-state index contributed by atoms with van der Waals surface area (Å²) in [6, 6.07) is 12.1. The van der Waals surface area contributed by atoms with Gasteiger partial charge in [-0.15, -0.1) is 16.4 Å². The molecule has 0 spiro atoms. The number of aryl methyl sites for hydroxylation is 2. The van der Waals surface area contributed by atoms with Crippen molar-refractivity contribution in [1.82, 2.24) is 30.3 Å². The fourth-order valence-electron chi connectivity index (χ4n) is 2.37. The van der Waals surface area contributed by atoms with Crippen molar-refractivity contribution >= 4 is 23.1 Å². The van der Waals surface area contributed by atoms with Crippen LogP contribution in [0.5, 0.6) is 0 Å². The maximum Gasteiger partial charge on any atom is 0.227 e. The van der Waals surface area contributed by atoms with Crippen LogP contribution >= 0.6 is 23.1 Å². The zero-order valence-corrected chi connectivity index (χ0v) is 15.7. The van der Waals surface area contributed by atoms with Gasteiger partial charge in [0, 0.05) is 12.2 Å². The summed E-state index contributed by atoms with van der Waals surface area (Å²) in [6.45, 7) is 2.06. The van der Waals surface area contributed by atoms with Crippen LogP contribution in [0.15, 0.2) is 51.5 Å². The van der Waals surface area contributed by atoms with E-state index in [4.69, 9.17) is 4.52 Å². The van der Waals surface area contributed by atoms with Crippen LogP contribution in [-0.4, -0.2) is 36.1 Å². The van der Waals surface area contributed by atoms with E-state index in [2.05, 4.69) is 32.6 Å². The molecular formula is C17H16N6OS2. The van der Waals surface area contributed by atoms with Gasteiger partial charge in [-0.05, 0) is 47.4 Å². The van der Waals surface area contributed by atoms with Gasteiger partial charge in [-0.1, -0.05) is 40.7 Å². The van der Waals surface area contributed by atoms with Crippen LogP contribution in [0.1, 0.15) is 17.9 Å². The van der Waals surface area contributed by atoms with Crippen LogP contribution in [0.3, 0.4) is 0 Å². The van der Waals surface area contributed by atoms with Crippen molar-refractivity contribution in [2.75, 3.05) is 5.75 Å². The molecule has 4 aromatic rings. The average Bonchev–Trinajstić information content (AvgIpc) is 3.40. The number of rotatable bonds is 7. The van der Waals surface area contributed by atoms with Gasteiger partial charge in [0.15, 0.2) is 0 Å². The third kappa shape index (κ3) is 3.83. The second-order valence-corrected chi connectivity index (χ2v) is 7.66. The molecule has 0 N–H and O–H groups in total. The molecule has 0 atom stereocenters. The van der Waals surface area contributed by atoms with Gasteiger partial charge in [-0.3, -0.25) is 0 Å². The summed E-state index contributed by atoms with van der Waals surface area (Å²) in [5, 5.41) is 18.8. The van der Waals surface area contributed by atoms with E-state index in [0.717, 1.165) is 34.3 Å². The molecule has 0 aliphatic rings. The minimum atomic E-state index is 0.658. The van der Waals surface area contributed by atoms with Crippen molar-refractivity contribution in [1.29, 1.82) is 0 Å². The highest BCUT2D eigenvalue weighted by Gasteiger charge is 2.11. The van der Waals surface area contributed by atoms with Gasteiger partial charge in [-0.25, -0.2) is 0 Å². The first-order chi connectivity index (χ1) is 12.8. The lowest BCUT2D eigenvalue weighted by atomic mass is 10.2. The SMILES string of the molecule is Cc1ccc(-n2nnnc2SCCCc2nc(-c3cccs3)no2)cc1. The molecule has 4 rings (SSSR count). The molecule has 0 bridgehead atoms. The molecule has 26 heavy (non-hydrogen) atoms. The van der Waals surface area contributed by atoms with Gasteiger partial charge in [0.1, 0.15) is 0 Å². The monoisotopic (exact) mass is 384 g/mol. The molecule has 7 nitrogen and oxygen atoms in total. The fraction of sp³-hybridized carbons (Fsp3) is 0.235. The quantitative estimate of drug-likeness (QED) is 0.354. The Labute approximate surface area is 158 Å². The minimum Gasteiger partial charge on any atom is -0.339 e. The predicted molar refractivity (Wildman–Crippen MR) is 101 cm³/mol. The molecule has 0 unspecified atom stereocenters. The van der Waals surface area contributed by atoms with E-state index >= 15 is 0 Å². The van der Waals surface area contributed by atoms with E-state index in [1.807, 2.05) is 41.8 Å². The number of benzene rings is 1. The number of thioether (sulfide) groups is 1. The summed E-state index contributed by atoms with van der Waals surface area (Å²) in [7, 11) is 0. The minimum absolute atomic E-state index is 0.658. The second-order valence-electron chi connectivity index (χ2n) is 5.65. The van der Waals surface area contributed by atoms with Gasteiger partial charge in [0.2, 0.25) is 16.9 Å². The normalized spacial score (nSPS) is 11.1. The fourth-order valence-corrected chi connectivity index (χ4v) is 3.84. The van der Waals surface area contributed by atoms with E-state index < -0.39 is 0 Å². The zero-order valence-electron chi connectivity index (χ0n) is 14.1. The smallest absolute Gasteiger partial charge is 0.227 e. The van der Waals surface area contributed by atoms with Crippen molar-refractivity contribution in [2.45, 2.75) is 24.9 Å². The van der Waals surface area contributed by atoms with Crippen LogP contribution in [0.4, 0.5) is 0 Å². The first-order valence-corrected chi connectivity index (χ1v) is 10.0. The third-order valence-corrected chi connectivity index (χ3v) is 5.57. The molecule has 0 radical (unpaired) electrons. The summed E-state index contributed by atoms with van der Waals surface area (Å²) in [5.41, 5.74) is 2.16. The molecule has 1 aromatic carbocycles. The van der Waals surface area contributed by atoms with Crippen LogP contribution in [0.25, 0.3) is 16.4 Å². The Morgan fingerprint density at radius 3 is 2.88 bits per heavy atom. The number of hydrogen-bond donors (Lipinski definition) is 0. The maximum absolute atomic E-state index is 5.32. The van der Waals surface area contributed by atoms with Crippen LogP contribution in [0, 0.1) is 6.92 Å². The summed E-state index contributed by atoms with van der Waals surface area (Å²) in [4.78, 5) is 5.46. The Hall–Kier alpha value is -2.52. The molecule has 0 aliphatic heterocycles. The number of hydrogen-bond acceptors (Lipinski definition) is 8. The molecule has 9 heteroatoms. The maximum atomic E-state index is 5.32. The third-order valence-electron chi connectivity index (χ3n) is 3.70. The van der Waals surface area contributed by atoms with Crippen molar-refractivity contribution in [3.63, 3.8) is 0 Å². The summed E-state index contributed by atoms with van der Waals surface area (Å²) in [6.07, 6.45) is 1.63. The predicted octanol–water partition coefficient (Wildman–Crippen LogP) is 3.81. The largest absolute Gasteiger partial charge is 0.339 e. The summed E-state index contributed by atoms with van der Waals surface area (Å²) in [5.74, 6) is 2.18. The summed E-state index contributed by atoms with van der Waals surface area (Å²) < 4.78 is 7.08. The Morgan fingerprint density at radius 2 is 2.08 bits per heavy atom. The van der Waals surface area contributed by atoms with Crippen LogP contribution in [0.2, 0.25) is 0 Å². The Kier molecular flexibility index (Phi) is 5.07. The van der Waals surface area contributed by atoms with Crippen LogP contribution < -0.4 is 0 Å². The Morgan fingerprint density at radius 1 is 1.19 bits per heavy atom. The molecule has 0 saturated heterocycles. The molecule has 132 valence electrons. The van der Waals surface area contributed by atoms with E-state index in [1.165, 1.54) is 5.56 Å². The highest BCUT2D eigenvalue weighted by atomic mass is 32.2. The van der Waals surface area contributed by atoms with Crippen molar-refractivity contribution < 1.29 is 4.52 Å². The summed E-state index contributed by atoms with van der Waals surface area (Å²) >= 11 is 3.22. The molecule has 0 aliphatic carbocycles. The van der Waals surface area contributed by atoms with Gasteiger partial charge >= 0.3 is 0 Å². The molecule has 3 heterocycles. The van der Waals surface area contributed by atoms with Gasteiger partial charge < -0.3 is 4.52 Å². The van der Waals surface area contributed by atoms with Crippen molar-refractivity contribution in [3.8, 4) is 16.4 Å². The molecule has 3 aromatic heterocycles. The second kappa shape index (κ2) is 7.79. The van der Waals surface area contributed by atoms with E-state index in [1.54, 1.807) is 27.8 Å². The lowest BCUT2D eigenvalue weighted by Gasteiger charge is -2.04. The standard InChI is InChI=1S/C17H16N6OS2/c1-12-6-8-13(9-7-12)23-17(19-21-22-23)26-11-3-5-15-18-16(20-24-15)14-4-2-10-25-14/h2,4,6-10H,3,5,11H2,1H3. The van der Waals surface area contributed by atoms with Gasteiger partial charge in [-0.2, -0.15) is 9.67 Å². The molecule has 0 amide bonds. The van der Waals surface area contributed by atoms with Crippen molar-refractivity contribution in [3.05, 3.63) is 53.2 Å². The van der Waals surface area contributed by atoms with Crippen LogP contribution in [-0.2, 0) is 6.42 Å². The highest BCUT2D eigenvalue weighted by Crippen LogP contribution is 2.23. The zero-order chi connectivity index (χ0) is 17.8. The molecule has 0 fully saturated rings. The number of thiophene rings is 1. The van der Waals surface area contributed by atoms with Gasteiger partial charge in [0.05, 0.1) is 10.6 Å². The molecular weight excluding hydrogens is 368 g/mol. The lowest BCUT2D eigenvalue weighted by Crippen LogP contribution is -1.99. The number of nitrogens with zero attached hydrogens (tertiary/aromatic N) is 6. The first-order valence-electron chi connectivity index (χ1n) is 8.14. The Balaban J connectivity index is 1.32.